The largest absolute Gasteiger partial charge is 0.371 e. The Morgan fingerprint density at radius 3 is 2.50 bits per heavy atom. The number of rotatable bonds is 6. The zero-order valence-corrected chi connectivity index (χ0v) is 18.9. The van der Waals surface area contributed by atoms with Crippen molar-refractivity contribution in [2.75, 3.05) is 29.0 Å². The number of carbonyl (C=O) groups is 1. The number of nitrogens with one attached hydrogen (secondary N) is 2. The average Bonchev–Trinajstić information content (AvgIpc) is 2.68. The Bertz CT molecular complexity index is 1000. The zero-order chi connectivity index (χ0) is 21.9. The van der Waals surface area contributed by atoms with Gasteiger partial charge in [0.25, 0.3) is 5.91 Å². The van der Waals surface area contributed by atoms with Gasteiger partial charge in [0.15, 0.2) is 0 Å². The number of benzene rings is 2. The van der Waals surface area contributed by atoms with Crippen molar-refractivity contribution in [2.45, 2.75) is 39.7 Å². The van der Waals surface area contributed by atoms with E-state index in [9.17, 15) is 13.2 Å². The molecule has 0 spiro atoms. The summed E-state index contributed by atoms with van der Waals surface area (Å²) < 4.78 is 25.5. The van der Waals surface area contributed by atoms with Crippen molar-refractivity contribution in [2.24, 2.45) is 5.92 Å². The molecule has 1 aliphatic rings. The van der Waals surface area contributed by atoms with E-state index in [1.54, 1.807) is 25.1 Å². The van der Waals surface area contributed by atoms with Gasteiger partial charge in [-0.2, -0.15) is 0 Å². The highest BCUT2D eigenvalue weighted by Crippen LogP contribution is 2.25. The van der Waals surface area contributed by atoms with Crippen molar-refractivity contribution in [3.63, 3.8) is 0 Å². The number of amides is 1. The molecule has 2 aromatic rings. The maximum atomic E-state index is 12.7. The molecule has 30 heavy (non-hydrogen) atoms. The minimum atomic E-state index is -3.41. The molecule has 0 bridgehead atoms. The molecule has 0 aromatic heterocycles. The molecule has 0 aliphatic carbocycles. The lowest BCUT2D eigenvalue weighted by Gasteiger charge is -2.33. The molecule has 1 fully saturated rings. The summed E-state index contributed by atoms with van der Waals surface area (Å²) in [6.07, 6.45) is 3.61. The summed E-state index contributed by atoms with van der Waals surface area (Å²) >= 11 is 0. The van der Waals surface area contributed by atoms with Gasteiger partial charge in [-0.3, -0.25) is 9.52 Å². The third kappa shape index (κ3) is 5.75. The van der Waals surface area contributed by atoms with Gasteiger partial charge in [0.1, 0.15) is 0 Å². The van der Waals surface area contributed by atoms with Crippen LogP contribution in [0, 0.1) is 12.8 Å². The van der Waals surface area contributed by atoms with Crippen LogP contribution in [0.2, 0.25) is 0 Å². The Hall–Kier alpha value is -2.54. The number of hydrogen-bond acceptors (Lipinski definition) is 4. The number of hydrogen-bond donors (Lipinski definition) is 2. The number of sulfonamides is 1. The van der Waals surface area contributed by atoms with E-state index >= 15 is 0 Å². The zero-order valence-electron chi connectivity index (χ0n) is 18.1. The lowest BCUT2D eigenvalue weighted by molar-refractivity contribution is 0.0940. The van der Waals surface area contributed by atoms with Gasteiger partial charge < -0.3 is 10.2 Å². The maximum absolute atomic E-state index is 12.7. The van der Waals surface area contributed by atoms with Gasteiger partial charge in [-0.1, -0.05) is 25.1 Å². The highest BCUT2D eigenvalue weighted by molar-refractivity contribution is 7.92. The van der Waals surface area contributed by atoms with Crippen LogP contribution >= 0.6 is 0 Å². The first-order chi connectivity index (χ1) is 14.1. The second kappa shape index (κ2) is 9.08. The molecule has 1 aliphatic heterocycles. The smallest absolute Gasteiger partial charge is 0.251 e. The van der Waals surface area contributed by atoms with E-state index in [-0.39, 0.29) is 11.9 Å². The molecule has 2 unspecified atom stereocenters. The molecular weight excluding hydrogens is 398 g/mol. The number of nitrogens with zero attached hydrogens (tertiary/aromatic N) is 1. The van der Waals surface area contributed by atoms with Gasteiger partial charge in [0.2, 0.25) is 10.0 Å². The fourth-order valence-corrected chi connectivity index (χ4v) is 4.45. The van der Waals surface area contributed by atoms with Crippen molar-refractivity contribution in [3.8, 4) is 0 Å². The molecule has 7 heteroatoms. The van der Waals surface area contributed by atoms with Crippen LogP contribution in [0.15, 0.2) is 42.5 Å². The molecule has 2 N–H and O–H groups in total. The maximum Gasteiger partial charge on any atom is 0.251 e. The van der Waals surface area contributed by atoms with E-state index in [2.05, 4.69) is 46.1 Å². The number of piperidine rings is 1. The molecule has 3 rings (SSSR count). The SMILES string of the molecule is Cc1ccc(C(=O)NC(C)c2ccc(N3CCCC(C)C3)cc2)cc1NS(C)(=O)=O. The Balaban J connectivity index is 1.67. The Morgan fingerprint density at radius 2 is 1.87 bits per heavy atom. The van der Waals surface area contributed by atoms with Gasteiger partial charge in [0.05, 0.1) is 18.0 Å². The molecule has 0 saturated carbocycles. The van der Waals surface area contributed by atoms with Crippen molar-refractivity contribution in [1.82, 2.24) is 5.32 Å². The third-order valence-corrected chi connectivity index (χ3v) is 6.15. The van der Waals surface area contributed by atoms with E-state index in [0.29, 0.717) is 17.2 Å². The Labute approximate surface area is 179 Å². The van der Waals surface area contributed by atoms with Gasteiger partial charge in [-0.25, -0.2) is 8.42 Å². The Kier molecular flexibility index (Phi) is 6.71. The number of carbonyl (C=O) groups excluding carboxylic acids is 1. The number of anilines is 2. The van der Waals surface area contributed by atoms with Gasteiger partial charge in [-0.15, -0.1) is 0 Å². The van der Waals surface area contributed by atoms with E-state index in [1.165, 1.54) is 18.5 Å². The van der Waals surface area contributed by atoms with E-state index in [1.807, 2.05) is 6.92 Å². The Morgan fingerprint density at radius 1 is 1.17 bits per heavy atom. The van der Waals surface area contributed by atoms with Crippen LogP contribution in [0.3, 0.4) is 0 Å². The van der Waals surface area contributed by atoms with Crippen LogP contribution in [0.5, 0.6) is 0 Å². The first kappa shape index (κ1) is 22.2. The summed E-state index contributed by atoms with van der Waals surface area (Å²) in [5, 5.41) is 3.00. The minimum absolute atomic E-state index is 0.167. The standard InChI is InChI=1S/C23H31N3O3S/c1-16-6-5-13-26(15-16)21-11-9-19(10-12-21)18(3)24-23(27)20-8-7-17(2)22(14-20)25-30(4,28)29/h7-12,14,16,18,25H,5-6,13,15H2,1-4H3,(H,24,27). The lowest BCUT2D eigenvalue weighted by Crippen LogP contribution is -2.34. The summed E-state index contributed by atoms with van der Waals surface area (Å²) in [5.41, 5.74) is 3.83. The van der Waals surface area contributed by atoms with Crippen LogP contribution in [0.4, 0.5) is 11.4 Å². The van der Waals surface area contributed by atoms with Crippen LogP contribution in [-0.2, 0) is 10.0 Å². The molecule has 0 radical (unpaired) electrons. The van der Waals surface area contributed by atoms with Crippen molar-refractivity contribution in [3.05, 3.63) is 59.2 Å². The second-order valence-electron chi connectivity index (χ2n) is 8.38. The monoisotopic (exact) mass is 429 g/mol. The average molecular weight is 430 g/mol. The molecule has 162 valence electrons. The molecule has 6 nitrogen and oxygen atoms in total. The van der Waals surface area contributed by atoms with Crippen LogP contribution in [0.1, 0.15) is 54.2 Å². The van der Waals surface area contributed by atoms with E-state index < -0.39 is 10.0 Å². The van der Waals surface area contributed by atoms with Gasteiger partial charge in [0, 0.05) is 24.3 Å². The second-order valence-corrected chi connectivity index (χ2v) is 10.1. The van der Waals surface area contributed by atoms with Crippen LogP contribution < -0.4 is 14.9 Å². The third-order valence-electron chi connectivity index (χ3n) is 5.56. The highest BCUT2D eigenvalue weighted by Gasteiger charge is 2.18. The quantitative estimate of drug-likeness (QED) is 0.725. The first-order valence-electron chi connectivity index (χ1n) is 10.4. The lowest BCUT2D eigenvalue weighted by atomic mass is 9.99. The summed E-state index contributed by atoms with van der Waals surface area (Å²) in [6, 6.07) is 13.2. The van der Waals surface area contributed by atoms with Gasteiger partial charge in [-0.05, 0) is 68.0 Å². The predicted octanol–water partition coefficient (Wildman–Crippen LogP) is 4.09. The fraction of sp³-hybridized carbons (Fsp3) is 0.435. The summed E-state index contributed by atoms with van der Waals surface area (Å²) in [4.78, 5) is 15.1. The topological polar surface area (TPSA) is 78.5 Å². The predicted molar refractivity (Wildman–Crippen MR) is 123 cm³/mol. The molecule has 1 saturated heterocycles. The summed E-state index contributed by atoms with van der Waals surface area (Å²) in [7, 11) is -3.41. The molecule has 1 amide bonds. The van der Waals surface area contributed by atoms with Crippen molar-refractivity contribution < 1.29 is 13.2 Å². The minimum Gasteiger partial charge on any atom is -0.371 e. The normalized spacial score (nSPS) is 18.0. The van der Waals surface area contributed by atoms with Crippen molar-refractivity contribution >= 4 is 27.3 Å². The van der Waals surface area contributed by atoms with E-state index in [0.717, 1.165) is 30.5 Å². The molecule has 2 aromatic carbocycles. The fourth-order valence-electron chi connectivity index (χ4n) is 3.83. The summed E-state index contributed by atoms with van der Waals surface area (Å²) in [6.45, 7) is 8.21. The number of aryl methyl sites for hydroxylation is 1. The molecular formula is C23H31N3O3S. The first-order valence-corrected chi connectivity index (χ1v) is 12.3. The van der Waals surface area contributed by atoms with E-state index in [4.69, 9.17) is 0 Å². The van der Waals surface area contributed by atoms with Crippen LogP contribution in [0.25, 0.3) is 0 Å². The van der Waals surface area contributed by atoms with Crippen molar-refractivity contribution in [1.29, 1.82) is 0 Å². The molecule has 2 atom stereocenters. The van der Waals surface area contributed by atoms with Gasteiger partial charge >= 0.3 is 0 Å². The van der Waals surface area contributed by atoms with Crippen LogP contribution in [-0.4, -0.2) is 33.7 Å². The molecule has 1 heterocycles. The highest BCUT2D eigenvalue weighted by atomic mass is 32.2. The summed E-state index contributed by atoms with van der Waals surface area (Å²) in [5.74, 6) is 0.473.